The van der Waals surface area contributed by atoms with Crippen LogP contribution in [0.4, 0.5) is 4.79 Å². The molecule has 2 aromatic rings. The van der Waals surface area contributed by atoms with Gasteiger partial charge in [-0.05, 0) is 61.9 Å². The highest BCUT2D eigenvalue weighted by atomic mass is 35.5. The Morgan fingerprint density at radius 3 is 2.55 bits per heavy atom. The Bertz CT molecular complexity index is 1140. The third-order valence-corrected chi connectivity index (χ3v) is 6.23. The summed E-state index contributed by atoms with van der Waals surface area (Å²) in [6, 6.07) is 4.85. The normalized spacial score (nSPS) is 15.1. The standard InChI is InChI=1S/C21H19Cl2N3O4S/c1-10-17(12(3)27)11(2)25-18(10)19(28)24-6-7-26-20(29)16(31-21(26)30)8-13-4-5-14(22)9-15(13)23/h4-5,8-9,25H,6-7H2,1-3H3,(H,24,28)/b16-8-. The quantitative estimate of drug-likeness (QED) is 0.465. The molecule has 2 N–H and O–H groups in total. The smallest absolute Gasteiger partial charge is 0.293 e. The lowest BCUT2D eigenvalue weighted by Gasteiger charge is -2.13. The molecule has 0 radical (unpaired) electrons. The van der Waals surface area contributed by atoms with Gasteiger partial charge in [-0.2, -0.15) is 0 Å². The van der Waals surface area contributed by atoms with Gasteiger partial charge in [0.1, 0.15) is 5.69 Å². The number of Topliss-reactive ketones (excluding diaryl/α,β-unsaturated/α-hetero) is 1. The monoisotopic (exact) mass is 479 g/mol. The van der Waals surface area contributed by atoms with Crippen molar-refractivity contribution in [3.8, 4) is 0 Å². The number of aromatic amines is 1. The van der Waals surface area contributed by atoms with E-state index in [9.17, 15) is 19.2 Å². The number of hydrogen-bond donors (Lipinski definition) is 2. The number of nitrogens with one attached hydrogen (secondary N) is 2. The van der Waals surface area contributed by atoms with E-state index in [4.69, 9.17) is 23.2 Å². The molecule has 0 bridgehead atoms. The van der Waals surface area contributed by atoms with Crippen LogP contribution in [0.25, 0.3) is 6.08 Å². The van der Waals surface area contributed by atoms with Crippen molar-refractivity contribution < 1.29 is 19.2 Å². The molecule has 1 aromatic carbocycles. The molecule has 0 unspecified atom stereocenters. The van der Waals surface area contributed by atoms with E-state index in [-0.39, 0.29) is 29.5 Å². The van der Waals surface area contributed by atoms with Crippen molar-refractivity contribution in [3.63, 3.8) is 0 Å². The maximum absolute atomic E-state index is 12.6. The molecule has 10 heteroatoms. The molecule has 3 rings (SSSR count). The highest BCUT2D eigenvalue weighted by Gasteiger charge is 2.35. The largest absolute Gasteiger partial charge is 0.354 e. The van der Waals surface area contributed by atoms with Gasteiger partial charge in [-0.3, -0.25) is 24.1 Å². The summed E-state index contributed by atoms with van der Waals surface area (Å²) >= 11 is 12.8. The summed E-state index contributed by atoms with van der Waals surface area (Å²) < 4.78 is 0. The van der Waals surface area contributed by atoms with E-state index < -0.39 is 17.1 Å². The number of H-pyrrole nitrogens is 1. The molecule has 7 nitrogen and oxygen atoms in total. The number of amides is 3. The molecule has 1 aliphatic heterocycles. The average molecular weight is 480 g/mol. The minimum atomic E-state index is -0.457. The fourth-order valence-electron chi connectivity index (χ4n) is 3.33. The molecule has 31 heavy (non-hydrogen) atoms. The second kappa shape index (κ2) is 9.30. The van der Waals surface area contributed by atoms with Crippen molar-refractivity contribution in [1.82, 2.24) is 15.2 Å². The predicted molar refractivity (Wildman–Crippen MR) is 122 cm³/mol. The first-order valence-electron chi connectivity index (χ1n) is 9.29. The second-order valence-electron chi connectivity index (χ2n) is 6.94. The molecule has 0 aliphatic carbocycles. The zero-order valence-electron chi connectivity index (χ0n) is 17.0. The Kier molecular flexibility index (Phi) is 6.93. The summed E-state index contributed by atoms with van der Waals surface area (Å²) in [5.74, 6) is -1.000. The van der Waals surface area contributed by atoms with E-state index in [0.717, 1.165) is 16.7 Å². The minimum absolute atomic E-state index is 0.0143. The van der Waals surface area contributed by atoms with Crippen LogP contribution in [0.15, 0.2) is 23.1 Å². The Balaban J connectivity index is 1.65. The molecular formula is C21H19Cl2N3O4S. The Morgan fingerprint density at radius 2 is 1.94 bits per heavy atom. The van der Waals surface area contributed by atoms with Crippen LogP contribution >= 0.6 is 35.0 Å². The van der Waals surface area contributed by atoms with Gasteiger partial charge in [0.25, 0.3) is 17.1 Å². The Labute approximate surface area is 193 Å². The van der Waals surface area contributed by atoms with Crippen LogP contribution in [0.2, 0.25) is 10.0 Å². The Morgan fingerprint density at radius 1 is 1.23 bits per heavy atom. The van der Waals surface area contributed by atoms with Crippen LogP contribution in [0.3, 0.4) is 0 Å². The number of aryl methyl sites for hydroxylation is 1. The number of imide groups is 1. The van der Waals surface area contributed by atoms with Gasteiger partial charge in [-0.1, -0.05) is 29.3 Å². The highest BCUT2D eigenvalue weighted by molar-refractivity contribution is 8.18. The Hall–Kier alpha value is -2.55. The van der Waals surface area contributed by atoms with Gasteiger partial charge in [0.15, 0.2) is 5.78 Å². The van der Waals surface area contributed by atoms with Crippen LogP contribution in [-0.2, 0) is 4.79 Å². The van der Waals surface area contributed by atoms with Gasteiger partial charge in [-0.25, -0.2) is 0 Å². The summed E-state index contributed by atoms with van der Waals surface area (Å²) in [6.07, 6.45) is 1.54. The molecule has 2 heterocycles. The number of halogens is 2. The molecule has 1 saturated heterocycles. The van der Waals surface area contributed by atoms with Crippen molar-refractivity contribution >= 4 is 63.9 Å². The van der Waals surface area contributed by atoms with Gasteiger partial charge in [0.05, 0.1) is 4.91 Å². The average Bonchev–Trinajstić information content (AvgIpc) is 3.13. The van der Waals surface area contributed by atoms with E-state index in [1.54, 1.807) is 32.0 Å². The molecule has 1 aliphatic rings. The number of rotatable bonds is 6. The van der Waals surface area contributed by atoms with Gasteiger partial charge in [-0.15, -0.1) is 0 Å². The maximum Gasteiger partial charge on any atom is 0.293 e. The molecule has 0 saturated carbocycles. The molecule has 3 amide bonds. The third kappa shape index (κ3) is 4.87. The fourth-order valence-corrected chi connectivity index (χ4v) is 4.65. The molecule has 0 atom stereocenters. The number of carbonyl (C=O) groups excluding carboxylic acids is 4. The number of thioether (sulfide) groups is 1. The van der Waals surface area contributed by atoms with Crippen molar-refractivity contribution in [2.45, 2.75) is 20.8 Å². The van der Waals surface area contributed by atoms with E-state index >= 15 is 0 Å². The number of carbonyl (C=O) groups is 4. The molecule has 1 fully saturated rings. The lowest BCUT2D eigenvalue weighted by molar-refractivity contribution is -0.122. The minimum Gasteiger partial charge on any atom is -0.354 e. The first-order valence-corrected chi connectivity index (χ1v) is 10.9. The molecular weight excluding hydrogens is 461 g/mol. The highest BCUT2D eigenvalue weighted by Crippen LogP contribution is 2.33. The number of benzene rings is 1. The predicted octanol–water partition coefficient (Wildman–Crippen LogP) is 4.61. The summed E-state index contributed by atoms with van der Waals surface area (Å²) in [7, 11) is 0. The molecule has 1 aromatic heterocycles. The van der Waals surface area contributed by atoms with Crippen LogP contribution in [0, 0.1) is 13.8 Å². The van der Waals surface area contributed by atoms with Crippen LogP contribution in [0.5, 0.6) is 0 Å². The summed E-state index contributed by atoms with van der Waals surface area (Å²) in [4.78, 5) is 53.3. The van der Waals surface area contributed by atoms with E-state index in [2.05, 4.69) is 10.3 Å². The van der Waals surface area contributed by atoms with Gasteiger partial charge >= 0.3 is 0 Å². The third-order valence-electron chi connectivity index (χ3n) is 4.76. The number of nitrogens with zero attached hydrogens (tertiary/aromatic N) is 1. The second-order valence-corrected chi connectivity index (χ2v) is 8.77. The van der Waals surface area contributed by atoms with E-state index in [1.807, 2.05) is 0 Å². The van der Waals surface area contributed by atoms with E-state index in [1.165, 1.54) is 13.0 Å². The van der Waals surface area contributed by atoms with Crippen molar-refractivity contribution in [2.24, 2.45) is 0 Å². The zero-order valence-corrected chi connectivity index (χ0v) is 19.3. The summed E-state index contributed by atoms with van der Waals surface area (Å²) in [5.41, 5.74) is 2.53. The number of ketones is 1. The number of hydrogen-bond acceptors (Lipinski definition) is 5. The van der Waals surface area contributed by atoms with Gasteiger partial charge in [0, 0.05) is 34.4 Å². The first kappa shape index (κ1) is 23.1. The van der Waals surface area contributed by atoms with Crippen LogP contribution < -0.4 is 5.32 Å². The summed E-state index contributed by atoms with van der Waals surface area (Å²) in [6.45, 7) is 4.94. The lowest BCUT2D eigenvalue weighted by Crippen LogP contribution is -2.37. The van der Waals surface area contributed by atoms with E-state index in [0.29, 0.717) is 32.4 Å². The van der Waals surface area contributed by atoms with Gasteiger partial charge in [0.2, 0.25) is 0 Å². The number of aromatic nitrogens is 1. The lowest BCUT2D eigenvalue weighted by atomic mass is 10.1. The fraction of sp³-hybridized carbons (Fsp3) is 0.238. The topological polar surface area (TPSA) is 99.3 Å². The van der Waals surface area contributed by atoms with Crippen LogP contribution in [-0.4, -0.2) is 45.8 Å². The van der Waals surface area contributed by atoms with Crippen LogP contribution in [0.1, 0.15) is 44.6 Å². The van der Waals surface area contributed by atoms with Crippen molar-refractivity contribution in [2.75, 3.05) is 13.1 Å². The molecule has 0 spiro atoms. The zero-order chi connectivity index (χ0) is 22.9. The van der Waals surface area contributed by atoms with Crippen molar-refractivity contribution in [3.05, 3.63) is 61.2 Å². The van der Waals surface area contributed by atoms with Gasteiger partial charge < -0.3 is 10.3 Å². The van der Waals surface area contributed by atoms with Crippen molar-refractivity contribution in [1.29, 1.82) is 0 Å². The molecule has 162 valence electrons. The SMILES string of the molecule is CC(=O)c1c(C)[nH]c(C(=O)NCCN2C(=O)S/C(=C\c3ccc(Cl)cc3Cl)C2=O)c1C. The first-order chi connectivity index (χ1) is 14.6. The maximum atomic E-state index is 12.6. The summed E-state index contributed by atoms with van der Waals surface area (Å²) in [5, 5.41) is 3.08.